The SMILES string of the molecule is CN1C(=O)C(S(C)(=O)=O)=C(N2CCN(C(=O)c3cccnc3)CC2)C2CCCCC21. The molecule has 30 heavy (non-hydrogen) atoms. The number of rotatable bonds is 3. The molecule has 0 spiro atoms. The Bertz CT molecular complexity index is 968. The van der Waals surface area contributed by atoms with Crippen molar-refractivity contribution in [1.29, 1.82) is 0 Å². The molecular weight excluding hydrogens is 404 g/mol. The number of amides is 2. The van der Waals surface area contributed by atoms with Crippen LogP contribution in [0.25, 0.3) is 0 Å². The van der Waals surface area contributed by atoms with E-state index in [0.29, 0.717) is 37.4 Å². The summed E-state index contributed by atoms with van der Waals surface area (Å²) in [6.07, 6.45) is 8.17. The Morgan fingerprint density at radius 1 is 1.13 bits per heavy atom. The molecule has 3 aliphatic rings. The molecule has 162 valence electrons. The van der Waals surface area contributed by atoms with Crippen LogP contribution in [0.15, 0.2) is 35.1 Å². The van der Waals surface area contributed by atoms with Crippen LogP contribution in [0.3, 0.4) is 0 Å². The number of fused-ring (bicyclic) bond motifs is 1. The smallest absolute Gasteiger partial charge is 0.267 e. The Kier molecular flexibility index (Phi) is 5.57. The van der Waals surface area contributed by atoms with Gasteiger partial charge in [0.05, 0.1) is 5.56 Å². The summed E-state index contributed by atoms with van der Waals surface area (Å²) < 4.78 is 25.2. The number of pyridine rings is 1. The number of carbonyl (C=O) groups is 2. The van der Waals surface area contributed by atoms with Crippen LogP contribution in [0.2, 0.25) is 0 Å². The minimum absolute atomic E-state index is 0.0340. The molecule has 0 radical (unpaired) electrons. The second kappa shape index (κ2) is 8.02. The summed E-state index contributed by atoms with van der Waals surface area (Å²) in [5, 5.41) is 0. The Hall–Kier alpha value is -2.42. The number of piperazine rings is 1. The Labute approximate surface area is 177 Å². The number of nitrogens with zero attached hydrogens (tertiary/aromatic N) is 4. The maximum Gasteiger partial charge on any atom is 0.267 e. The van der Waals surface area contributed by atoms with Crippen molar-refractivity contribution in [2.24, 2.45) is 5.92 Å². The fraction of sp³-hybridized carbons (Fsp3) is 0.571. The number of aromatic nitrogens is 1. The van der Waals surface area contributed by atoms with Gasteiger partial charge in [0.25, 0.3) is 11.8 Å². The van der Waals surface area contributed by atoms with Crippen LogP contribution in [0.5, 0.6) is 0 Å². The number of sulfone groups is 1. The lowest BCUT2D eigenvalue weighted by Crippen LogP contribution is -2.56. The lowest BCUT2D eigenvalue weighted by Gasteiger charge is -2.48. The second-order valence-electron chi connectivity index (χ2n) is 8.38. The Balaban J connectivity index is 1.62. The zero-order chi connectivity index (χ0) is 21.5. The fourth-order valence-corrected chi connectivity index (χ4v) is 6.15. The predicted octanol–water partition coefficient (Wildman–Crippen LogP) is 1.13. The number of hydrogen-bond acceptors (Lipinski definition) is 6. The van der Waals surface area contributed by atoms with Gasteiger partial charge in [-0.15, -0.1) is 0 Å². The first-order valence-electron chi connectivity index (χ1n) is 10.4. The van der Waals surface area contributed by atoms with Gasteiger partial charge in [-0.05, 0) is 25.0 Å². The van der Waals surface area contributed by atoms with E-state index in [1.807, 2.05) is 4.90 Å². The summed E-state index contributed by atoms with van der Waals surface area (Å²) >= 11 is 0. The van der Waals surface area contributed by atoms with E-state index >= 15 is 0 Å². The van der Waals surface area contributed by atoms with Crippen molar-refractivity contribution in [3.05, 3.63) is 40.7 Å². The molecule has 0 aromatic carbocycles. The van der Waals surface area contributed by atoms with Gasteiger partial charge in [-0.3, -0.25) is 14.6 Å². The summed E-state index contributed by atoms with van der Waals surface area (Å²) in [4.78, 5) is 35.2. The van der Waals surface area contributed by atoms with Gasteiger partial charge in [0, 0.05) is 69.5 Å². The largest absolute Gasteiger partial charge is 0.370 e. The Morgan fingerprint density at radius 3 is 2.47 bits per heavy atom. The van der Waals surface area contributed by atoms with E-state index < -0.39 is 15.7 Å². The van der Waals surface area contributed by atoms with Crippen molar-refractivity contribution in [2.45, 2.75) is 31.7 Å². The topological polar surface area (TPSA) is 90.9 Å². The summed E-state index contributed by atoms with van der Waals surface area (Å²) in [5.41, 5.74) is 1.22. The van der Waals surface area contributed by atoms with E-state index in [-0.39, 0.29) is 22.8 Å². The standard InChI is InChI=1S/C21H28N4O4S/c1-23-17-8-4-3-7-16(17)18(19(21(23)27)30(2,28)29)24-10-12-25(13-11-24)20(26)15-6-5-9-22-14-15/h5-6,9,14,16-17H,3-4,7-8,10-13H2,1-2H3. The van der Waals surface area contributed by atoms with Crippen LogP contribution < -0.4 is 0 Å². The first kappa shape index (κ1) is 20.8. The third kappa shape index (κ3) is 3.71. The van der Waals surface area contributed by atoms with Crippen LogP contribution in [-0.4, -0.2) is 85.4 Å². The number of hydrogen-bond donors (Lipinski definition) is 0. The molecule has 2 fully saturated rings. The third-order valence-electron chi connectivity index (χ3n) is 6.51. The average Bonchev–Trinajstić information content (AvgIpc) is 2.75. The summed E-state index contributed by atoms with van der Waals surface area (Å²) in [7, 11) is -1.95. The van der Waals surface area contributed by atoms with Gasteiger partial charge in [-0.2, -0.15) is 0 Å². The first-order valence-corrected chi connectivity index (χ1v) is 12.3. The lowest BCUT2D eigenvalue weighted by atomic mass is 9.78. The van der Waals surface area contributed by atoms with E-state index in [2.05, 4.69) is 4.98 Å². The molecule has 2 amide bonds. The van der Waals surface area contributed by atoms with Gasteiger partial charge in [0.1, 0.15) is 0 Å². The van der Waals surface area contributed by atoms with E-state index in [1.54, 1.807) is 41.4 Å². The minimum atomic E-state index is -3.67. The second-order valence-corrected chi connectivity index (χ2v) is 10.3. The average molecular weight is 433 g/mol. The van der Waals surface area contributed by atoms with Gasteiger partial charge < -0.3 is 14.7 Å². The van der Waals surface area contributed by atoms with Gasteiger partial charge in [-0.1, -0.05) is 12.8 Å². The van der Waals surface area contributed by atoms with Gasteiger partial charge in [0.15, 0.2) is 14.7 Å². The third-order valence-corrected chi connectivity index (χ3v) is 7.64. The summed E-state index contributed by atoms with van der Waals surface area (Å²) in [6, 6.07) is 3.52. The molecule has 1 saturated carbocycles. The van der Waals surface area contributed by atoms with Crippen LogP contribution in [0.4, 0.5) is 0 Å². The van der Waals surface area contributed by atoms with Crippen LogP contribution in [0.1, 0.15) is 36.0 Å². The quantitative estimate of drug-likeness (QED) is 0.711. The number of carbonyl (C=O) groups excluding carboxylic acids is 2. The maximum atomic E-state index is 13.0. The molecule has 2 unspecified atom stereocenters. The molecule has 3 heterocycles. The maximum absolute atomic E-state index is 13.0. The molecule has 9 heteroatoms. The van der Waals surface area contributed by atoms with Gasteiger partial charge in [-0.25, -0.2) is 8.42 Å². The molecule has 0 N–H and O–H groups in total. The van der Waals surface area contributed by atoms with Crippen molar-refractivity contribution >= 4 is 21.7 Å². The minimum Gasteiger partial charge on any atom is -0.370 e. The molecule has 8 nitrogen and oxygen atoms in total. The predicted molar refractivity (Wildman–Crippen MR) is 112 cm³/mol. The van der Waals surface area contributed by atoms with Crippen molar-refractivity contribution in [3.63, 3.8) is 0 Å². The highest BCUT2D eigenvalue weighted by molar-refractivity contribution is 7.95. The highest BCUT2D eigenvalue weighted by atomic mass is 32.2. The van der Waals surface area contributed by atoms with E-state index in [9.17, 15) is 18.0 Å². The van der Waals surface area contributed by atoms with E-state index in [0.717, 1.165) is 31.9 Å². The molecule has 1 aromatic heterocycles. The van der Waals surface area contributed by atoms with Crippen LogP contribution in [-0.2, 0) is 14.6 Å². The Morgan fingerprint density at radius 2 is 1.83 bits per heavy atom. The van der Waals surface area contributed by atoms with E-state index in [4.69, 9.17) is 0 Å². The highest BCUT2D eigenvalue weighted by Gasteiger charge is 2.46. The molecular formula is C21H28N4O4S. The molecule has 0 bridgehead atoms. The normalized spacial score (nSPS) is 25.4. The monoisotopic (exact) mass is 432 g/mol. The zero-order valence-corrected chi connectivity index (χ0v) is 18.3. The number of likely N-dealkylation sites (N-methyl/N-ethyl adjacent to an activating group) is 1. The highest BCUT2D eigenvalue weighted by Crippen LogP contribution is 2.41. The van der Waals surface area contributed by atoms with Gasteiger partial charge >= 0.3 is 0 Å². The van der Waals surface area contributed by atoms with Crippen molar-refractivity contribution < 1.29 is 18.0 Å². The van der Waals surface area contributed by atoms with Crippen LogP contribution >= 0.6 is 0 Å². The summed E-state index contributed by atoms with van der Waals surface area (Å²) in [6.45, 7) is 1.99. The zero-order valence-electron chi connectivity index (χ0n) is 17.5. The van der Waals surface area contributed by atoms with Crippen molar-refractivity contribution in [3.8, 4) is 0 Å². The van der Waals surface area contributed by atoms with Crippen molar-refractivity contribution in [1.82, 2.24) is 19.7 Å². The van der Waals surface area contributed by atoms with Crippen molar-refractivity contribution in [2.75, 3.05) is 39.5 Å². The molecule has 4 rings (SSSR count). The molecule has 1 aliphatic carbocycles. The molecule has 2 atom stereocenters. The lowest BCUT2D eigenvalue weighted by molar-refractivity contribution is -0.130. The van der Waals surface area contributed by atoms with Crippen LogP contribution in [0, 0.1) is 5.92 Å². The first-order chi connectivity index (χ1) is 14.3. The van der Waals surface area contributed by atoms with Gasteiger partial charge in [0.2, 0.25) is 0 Å². The fourth-order valence-electron chi connectivity index (χ4n) is 5.03. The molecule has 1 saturated heterocycles. The van der Waals surface area contributed by atoms with E-state index in [1.165, 1.54) is 0 Å². The molecule has 2 aliphatic heterocycles. The summed E-state index contributed by atoms with van der Waals surface area (Å²) in [5.74, 6) is -0.439. The molecule has 1 aromatic rings.